The normalized spacial score (nSPS) is 15.3. The Bertz CT molecular complexity index is 680. The van der Waals surface area contributed by atoms with Crippen LogP contribution in [0.25, 0.3) is 0 Å². The van der Waals surface area contributed by atoms with E-state index in [4.69, 9.17) is 23.2 Å². The highest BCUT2D eigenvalue weighted by atomic mass is 35.5. The average molecular weight is 364 g/mol. The van der Waals surface area contributed by atoms with Gasteiger partial charge in [0.15, 0.2) is 0 Å². The van der Waals surface area contributed by atoms with E-state index in [1.807, 2.05) is 24.5 Å². The first-order chi connectivity index (χ1) is 11.6. The summed E-state index contributed by atoms with van der Waals surface area (Å²) in [4.78, 5) is 18.6. The van der Waals surface area contributed by atoms with Crippen LogP contribution in [-0.4, -0.2) is 30.5 Å². The maximum absolute atomic E-state index is 12.2. The molecule has 0 atom stereocenters. The third-order valence-corrected chi connectivity index (χ3v) is 4.75. The van der Waals surface area contributed by atoms with Crippen molar-refractivity contribution in [2.75, 3.05) is 24.5 Å². The number of pyridine rings is 1. The Morgan fingerprint density at radius 3 is 2.38 bits per heavy atom. The zero-order valence-electron chi connectivity index (χ0n) is 13.2. The molecular formula is C18H19Cl2N3O. The maximum Gasteiger partial charge on any atom is 0.251 e. The van der Waals surface area contributed by atoms with Gasteiger partial charge in [-0.2, -0.15) is 0 Å². The molecule has 24 heavy (non-hydrogen) atoms. The van der Waals surface area contributed by atoms with Crippen molar-refractivity contribution in [3.8, 4) is 0 Å². The zero-order valence-corrected chi connectivity index (χ0v) is 14.7. The van der Waals surface area contributed by atoms with Crippen molar-refractivity contribution in [3.63, 3.8) is 0 Å². The highest BCUT2D eigenvalue weighted by Gasteiger charge is 2.20. The van der Waals surface area contributed by atoms with Gasteiger partial charge in [-0.05, 0) is 49.1 Å². The highest BCUT2D eigenvalue weighted by Crippen LogP contribution is 2.23. The Labute approximate surface area is 151 Å². The van der Waals surface area contributed by atoms with Crippen LogP contribution in [0.15, 0.2) is 42.7 Å². The molecule has 1 saturated heterocycles. The number of piperidine rings is 1. The zero-order chi connectivity index (χ0) is 16.9. The van der Waals surface area contributed by atoms with Crippen LogP contribution >= 0.6 is 23.2 Å². The van der Waals surface area contributed by atoms with Crippen LogP contribution in [0.5, 0.6) is 0 Å². The van der Waals surface area contributed by atoms with Gasteiger partial charge in [-0.1, -0.05) is 23.2 Å². The second-order valence-electron chi connectivity index (χ2n) is 6.00. The van der Waals surface area contributed by atoms with E-state index in [0.717, 1.165) is 25.9 Å². The predicted molar refractivity (Wildman–Crippen MR) is 98.0 cm³/mol. The first kappa shape index (κ1) is 17.1. The van der Waals surface area contributed by atoms with Crippen LogP contribution in [0.2, 0.25) is 10.0 Å². The average Bonchev–Trinajstić information content (AvgIpc) is 2.60. The van der Waals surface area contributed by atoms with Crippen LogP contribution in [0.1, 0.15) is 23.2 Å². The number of benzene rings is 1. The number of halogens is 2. The monoisotopic (exact) mass is 363 g/mol. The summed E-state index contributed by atoms with van der Waals surface area (Å²) in [6.45, 7) is 2.66. The summed E-state index contributed by atoms with van der Waals surface area (Å²) in [5, 5.41) is 3.93. The lowest BCUT2D eigenvalue weighted by Crippen LogP contribution is -2.38. The van der Waals surface area contributed by atoms with E-state index in [1.165, 1.54) is 5.69 Å². The molecule has 2 heterocycles. The molecule has 1 N–H and O–H groups in total. The topological polar surface area (TPSA) is 45.2 Å². The summed E-state index contributed by atoms with van der Waals surface area (Å²) in [6, 6.07) is 8.95. The second kappa shape index (κ2) is 7.86. The molecule has 4 nitrogen and oxygen atoms in total. The molecule has 0 saturated carbocycles. The van der Waals surface area contributed by atoms with E-state index >= 15 is 0 Å². The number of anilines is 1. The van der Waals surface area contributed by atoms with E-state index in [9.17, 15) is 4.79 Å². The Morgan fingerprint density at radius 1 is 1.12 bits per heavy atom. The van der Waals surface area contributed by atoms with Gasteiger partial charge in [0.05, 0.1) is 0 Å². The summed E-state index contributed by atoms with van der Waals surface area (Å²) in [6.07, 6.45) is 5.74. The third kappa shape index (κ3) is 4.40. The minimum Gasteiger partial charge on any atom is -0.371 e. The van der Waals surface area contributed by atoms with E-state index < -0.39 is 0 Å². The van der Waals surface area contributed by atoms with Crippen molar-refractivity contribution < 1.29 is 4.79 Å². The number of carbonyl (C=O) groups is 1. The first-order valence-electron chi connectivity index (χ1n) is 8.01. The van der Waals surface area contributed by atoms with Crippen LogP contribution in [0.4, 0.5) is 5.69 Å². The smallest absolute Gasteiger partial charge is 0.251 e. The molecule has 1 aliphatic rings. The van der Waals surface area contributed by atoms with Gasteiger partial charge in [-0.3, -0.25) is 9.78 Å². The Balaban J connectivity index is 1.49. The van der Waals surface area contributed by atoms with E-state index in [-0.39, 0.29) is 5.91 Å². The van der Waals surface area contributed by atoms with E-state index in [1.54, 1.807) is 18.2 Å². The molecule has 0 radical (unpaired) electrons. The molecule has 1 amide bonds. The summed E-state index contributed by atoms with van der Waals surface area (Å²) in [7, 11) is 0. The molecule has 6 heteroatoms. The van der Waals surface area contributed by atoms with Crippen molar-refractivity contribution in [2.45, 2.75) is 12.8 Å². The number of nitrogens with zero attached hydrogens (tertiary/aromatic N) is 2. The van der Waals surface area contributed by atoms with Crippen molar-refractivity contribution in [3.05, 3.63) is 58.3 Å². The van der Waals surface area contributed by atoms with E-state index in [0.29, 0.717) is 28.1 Å². The SMILES string of the molecule is O=C(NCC1CCN(c2ccncc2)CC1)c1cc(Cl)cc(Cl)c1. The van der Waals surface area contributed by atoms with Gasteiger partial charge >= 0.3 is 0 Å². The molecule has 1 fully saturated rings. The van der Waals surface area contributed by atoms with Crippen LogP contribution in [0, 0.1) is 5.92 Å². The molecule has 2 aromatic rings. The fraction of sp³-hybridized carbons (Fsp3) is 0.333. The van der Waals surface area contributed by atoms with Gasteiger partial charge in [0.1, 0.15) is 0 Å². The molecule has 0 aliphatic carbocycles. The van der Waals surface area contributed by atoms with Gasteiger partial charge in [0.2, 0.25) is 0 Å². The van der Waals surface area contributed by atoms with Gasteiger partial charge in [0, 0.05) is 53.3 Å². The number of carbonyl (C=O) groups excluding carboxylic acids is 1. The van der Waals surface area contributed by atoms with Crippen molar-refractivity contribution in [2.24, 2.45) is 5.92 Å². The lowest BCUT2D eigenvalue weighted by molar-refractivity contribution is 0.0945. The van der Waals surface area contributed by atoms with Gasteiger partial charge in [0.25, 0.3) is 5.91 Å². The number of rotatable bonds is 4. The molecule has 0 spiro atoms. The number of hydrogen-bond donors (Lipinski definition) is 1. The lowest BCUT2D eigenvalue weighted by Gasteiger charge is -2.33. The summed E-state index contributed by atoms with van der Waals surface area (Å²) < 4.78 is 0. The number of amides is 1. The maximum atomic E-state index is 12.2. The Kier molecular flexibility index (Phi) is 5.59. The standard InChI is InChI=1S/C18H19Cl2N3O/c19-15-9-14(10-16(20)11-15)18(24)22-12-13-3-7-23(8-4-13)17-1-5-21-6-2-17/h1-2,5-6,9-11,13H,3-4,7-8,12H2,(H,22,24). The molecular weight excluding hydrogens is 345 g/mol. The molecule has 3 rings (SSSR count). The summed E-state index contributed by atoms with van der Waals surface area (Å²) in [5.74, 6) is 0.359. The van der Waals surface area contributed by atoms with Crippen LogP contribution in [0.3, 0.4) is 0 Å². The first-order valence-corrected chi connectivity index (χ1v) is 8.76. The fourth-order valence-electron chi connectivity index (χ4n) is 2.97. The van der Waals surface area contributed by atoms with Crippen LogP contribution in [-0.2, 0) is 0 Å². The largest absolute Gasteiger partial charge is 0.371 e. The molecule has 126 valence electrons. The summed E-state index contributed by atoms with van der Waals surface area (Å²) >= 11 is 11.9. The quantitative estimate of drug-likeness (QED) is 0.891. The summed E-state index contributed by atoms with van der Waals surface area (Å²) in [5.41, 5.74) is 1.71. The van der Waals surface area contributed by atoms with Crippen molar-refractivity contribution in [1.29, 1.82) is 0 Å². The minimum absolute atomic E-state index is 0.129. The predicted octanol–water partition coefficient (Wildman–Crippen LogP) is 4.03. The molecule has 1 aromatic heterocycles. The number of nitrogens with one attached hydrogen (secondary N) is 1. The fourth-order valence-corrected chi connectivity index (χ4v) is 3.50. The lowest BCUT2D eigenvalue weighted by atomic mass is 9.96. The van der Waals surface area contributed by atoms with Gasteiger partial charge < -0.3 is 10.2 Å². The van der Waals surface area contributed by atoms with Gasteiger partial charge in [-0.25, -0.2) is 0 Å². The molecule has 1 aromatic carbocycles. The second-order valence-corrected chi connectivity index (χ2v) is 6.88. The Morgan fingerprint density at radius 2 is 1.75 bits per heavy atom. The Hall–Kier alpha value is -1.78. The van der Waals surface area contributed by atoms with Crippen molar-refractivity contribution in [1.82, 2.24) is 10.3 Å². The van der Waals surface area contributed by atoms with Gasteiger partial charge in [-0.15, -0.1) is 0 Å². The third-order valence-electron chi connectivity index (χ3n) is 4.32. The van der Waals surface area contributed by atoms with Crippen molar-refractivity contribution >= 4 is 34.8 Å². The molecule has 0 unspecified atom stereocenters. The highest BCUT2D eigenvalue weighted by molar-refractivity contribution is 6.35. The molecule has 1 aliphatic heterocycles. The minimum atomic E-state index is -0.129. The van der Waals surface area contributed by atoms with Crippen LogP contribution < -0.4 is 10.2 Å². The van der Waals surface area contributed by atoms with E-state index in [2.05, 4.69) is 15.2 Å². The molecule has 0 bridgehead atoms. The number of hydrogen-bond acceptors (Lipinski definition) is 3. The number of aromatic nitrogens is 1.